The topological polar surface area (TPSA) is 89.3 Å². The predicted octanol–water partition coefficient (Wildman–Crippen LogP) is -0.422. The minimum atomic E-state index is -3.68. The largest absolute Gasteiger partial charge is 0.368 e. The van der Waals surface area contributed by atoms with Crippen LogP contribution in [0.2, 0.25) is 0 Å². The van der Waals surface area contributed by atoms with E-state index in [1.807, 2.05) is 0 Å². The van der Waals surface area contributed by atoms with Gasteiger partial charge in [-0.25, -0.2) is 13.1 Å². The van der Waals surface area contributed by atoms with Crippen molar-refractivity contribution in [3.63, 3.8) is 0 Å². The SMILES string of the molecule is CC(C)NS(=O)(=O)C(C)(C)C(N)=O. The number of amides is 1. The number of primary amides is 1. The molecule has 3 N–H and O–H groups in total. The van der Waals surface area contributed by atoms with Gasteiger partial charge in [0.05, 0.1) is 0 Å². The summed E-state index contributed by atoms with van der Waals surface area (Å²) in [4.78, 5) is 10.9. The lowest BCUT2D eigenvalue weighted by molar-refractivity contribution is -0.119. The average molecular weight is 208 g/mol. The molecule has 0 aliphatic carbocycles. The molecule has 0 aliphatic rings. The van der Waals surface area contributed by atoms with Gasteiger partial charge in [0.25, 0.3) is 0 Å². The van der Waals surface area contributed by atoms with Gasteiger partial charge in [0.15, 0.2) is 4.75 Å². The maximum absolute atomic E-state index is 11.5. The van der Waals surface area contributed by atoms with Crippen molar-refractivity contribution in [2.24, 2.45) is 5.73 Å². The molecule has 0 saturated carbocycles. The molecule has 0 aromatic carbocycles. The summed E-state index contributed by atoms with van der Waals surface area (Å²) in [5, 5.41) is 0. The van der Waals surface area contributed by atoms with Crippen molar-refractivity contribution < 1.29 is 13.2 Å². The van der Waals surface area contributed by atoms with E-state index < -0.39 is 20.7 Å². The van der Waals surface area contributed by atoms with Crippen molar-refractivity contribution in [2.45, 2.75) is 38.5 Å². The van der Waals surface area contributed by atoms with Crippen molar-refractivity contribution in [1.82, 2.24) is 4.72 Å². The predicted molar refractivity (Wildman–Crippen MR) is 50.5 cm³/mol. The Morgan fingerprint density at radius 3 is 2.00 bits per heavy atom. The summed E-state index contributed by atoms with van der Waals surface area (Å²) in [6.45, 7) is 5.91. The van der Waals surface area contributed by atoms with Crippen LogP contribution in [0.25, 0.3) is 0 Å². The summed E-state index contributed by atoms with van der Waals surface area (Å²) < 4.78 is 23.7. The molecule has 1 amide bonds. The van der Waals surface area contributed by atoms with Gasteiger partial charge in [-0.15, -0.1) is 0 Å². The second kappa shape index (κ2) is 3.63. The molecule has 0 aliphatic heterocycles. The summed E-state index contributed by atoms with van der Waals surface area (Å²) >= 11 is 0. The summed E-state index contributed by atoms with van der Waals surface area (Å²) in [6, 6.07) is -0.247. The Kier molecular flexibility index (Phi) is 3.46. The van der Waals surface area contributed by atoms with Crippen LogP contribution in [0.15, 0.2) is 0 Å². The third-order valence-electron chi connectivity index (χ3n) is 1.66. The van der Waals surface area contributed by atoms with Crippen LogP contribution in [0.4, 0.5) is 0 Å². The van der Waals surface area contributed by atoms with Crippen LogP contribution in [-0.2, 0) is 14.8 Å². The van der Waals surface area contributed by atoms with E-state index in [1.165, 1.54) is 13.8 Å². The molecular weight excluding hydrogens is 192 g/mol. The molecule has 0 bridgehead atoms. The highest BCUT2D eigenvalue weighted by molar-refractivity contribution is 7.91. The minimum Gasteiger partial charge on any atom is -0.368 e. The standard InChI is InChI=1S/C7H16N2O3S/c1-5(2)9-13(11,12)7(3,4)6(8)10/h5,9H,1-4H3,(H2,8,10). The van der Waals surface area contributed by atoms with E-state index in [0.29, 0.717) is 0 Å². The second-order valence-electron chi connectivity index (χ2n) is 3.65. The summed E-state index contributed by atoms with van der Waals surface area (Å²) in [7, 11) is -3.68. The molecule has 0 aromatic heterocycles. The molecule has 0 fully saturated rings. The van der Waals surface area contributed by atoms with Crippen molar-refractivity contribution in [3.8, 4) is 0 Å². The molecule has 0 unspecified atom stereocenters. The Labute approximate surface area is 78.7 Å². The highest BCUT2D eigenvalue weighted by Gasteiger charge is 2.40. The van der Waals surface area contributed by atoms with E-state index in [2.05, 4.69) is 4.72 Å². The Bertz CT molecular complexity index is 293. The first kappa shape index (κ1) is 12.4. The first-order valence-corrected chi connectivity index (χ1v) is 5.41. The number of hydrogen-bond acceptors (Lipinski definition) is 3. The number of nitrogens with two attached hydrogens (primary N) is 1. The van der Waals surface area contributed by atoms with Crippen molar-refractivity contribution in [3.05, 3.63) is 0 Å². The Hall–Kier alpha value is -0.620. The molecule has 0 saturated heterocycles. The van der Waals surface area contributed by atoms with E-state index in [-0.39, 0.29) is 6.04 Å². The molecule has 13 heavy (non-hydrogen) atoms. The zero-order chi connectivity index (χ0) is 10.9. The molecule has 0 atom stereocenters. The number of rotatable bonds is 4. The molecule has 0 aromatic rings. The fourth-order valence-corrected chi connectivity index (χ4v) is 1.77. The maximum atomic E-state index is 11.5. The van der Waals surface area contributed by atoms with E-state index in [0.717, 1.165) is 0 Å². The van der Waals surface area contributed by atoms with Crippen LogP contribution < -0.4 is 10.5 Å². The van der Waals surface area contributed by atoms with Crippen molar-refractivity contribution in [2.75, 3.05) is 0 Å². The summed E-state index contributed by atoms with van der Waals surface area (Å²) in [5.41, 5.74) is 4.97. The zero-order valence-corrected chi connectivity index (χ0v) is 9.10. The van der Waals surface area contributed by atoms with Crippen LogP contribution >= 0.6 is 0 Å². The first-order chi connectivity index (χ1) is 5.61. The number of hydrogen-bond donors (Lipinski definition) is 2. The van der Waals surface area contributed by atoms with E-state index in [1.54, 1.807) is 13.8 Å². The Morgan fingerprint density at radius 2 is 1.77 bits per heavy atom. The molecule has 0 heterocycles. The van der Waals surface area contributed by atoms with Gasteiger partial charge in [-0.1, -0.05) is 0 Å². The van der Waals surface area contributed by atoms with Gasteiger partial charge in [-0.3, -0.25) is 4.79 Å². The fraction of sp³-hybridized carbons (Fsp3) is 0.857. The zero-order valence-electron chi connectivity index (χ0n) is 8.29. The van der Waals surface area contributed by atoms with Gasteiger partial charge >= 0.3 is 0 Å². The summed E-state index contributed by atoms with van der Waals surface area (Å²) in [6.07, 6.45) is 0. The molecule has 0 spiro atoms. The number of carbonyl (C=O) groups is 1. The third kappa shape index (κ3) is 2.67. The minimum absolute atomic E-state index is 0.247. The number of carbonyl (C=O) groups excluding carboxylic acids is 1. The quantitative estimate of drug-likeness (QED) is 0.657. The molecule has 0 rings (SSSR count). The lowest BCUT2D eigenvalue weighted by atomic mass is 10.2. The molecule has 78 valence electrons. The average Bonchev–Trinajstić information content (AvgIpc) is 1.83. The van der Waals surface area contributed by atoms with Gasteiger partial charge in [-0.05, 0) is 27.7 Å². The lowest BCUT2D eigenvalue weighted by Crippen LogP contribution is -2.52. The summed E-state index contributed by atoms with van der Waals surface area (Å²) in [5.74, 6) is -0.861. The Balaban J connectivity index is 4.95. The number of nitrogens with one attached hydrogen (secondary N) is 1. The first-order valence-electron chi connectivity index (χ1n) is 3.93. The van der Waals surface area contributed by atoms with Gasteiger partial charge in [-0.2, -0.15) is 0 Å². The van der Waals surface area contributed by atoms with Crippen LogP contribution in [0.5, 0.6) is 0 Å². The highest BCUT2D eigenvalue weighted by Crippen LogP contribution is 2.14. The van der Waals surface area contributed by atoms with Crippen LogP contribution in [-0.4, -0.2) is 25.1 Å². The smallest absolute Gasteiger partial charge is 0.239 e. The lowest BCUT2D eigenvalue weighted by Gasteiger charge is -2.22. The highest BCUT2D eigenvalue weighted by atomic mass is 32.2. The van der Waals surface area contributed by atoms with Gasteiger partial charge < -0.3 is 5.73 Å². The van der Waals surface area contributed by atoms with Crippen LogP contribution in [0.1, 0.15) is 27.7 Å². The van der Waals surface area contributed by atoms with Crippen molar-refractivity contribution in [1.29, 1.82) is 0 Å². The van der Waals surface area contributed by atoms with Crippen LogP contribution in [0, 0.1) is 0 Å². The van der Waals surface area contributed by atoms with Crippen LogP contribution in [0.3, 0.4) is 0 Å². The number of sulfonamides is 1. The normalized spacial score (nSPS) is 13.3. The van der Waals surface area contributed by atoms with E-state index in [9.17, 15) is 13.2 Å². The van der Waals surface area contributed by atoms with Gasteiger partial charge in [0.1, 0.15) is 0 Å². The maximum Gasteiger partial charge on any atom is 0.239 e. The van der Waals surface area contributed by atoms with E-state index >= 15 is 0 Å². The van der Waals surface area contributed by atoms with E-state index in [4.69, 9.17) is 5.73 Å². The second-order valence-corrected chi connectivity index (χ2v) is 5.91. The Morgan fingerprint density at radius 1 is 1.38 bits per heavy atom. The van der Waals surface area contributed by atoms with Gasteiger partial charge in [0.2, 0.25) is 15.9 Å². The molecule has 5 nitrogen and oxygen atoms in total. The molecule has 6 heteroatoms. The third-order valence-corrected chi connectivity index (χ3v) is 3.98. The van der Waals surface area contributed by atoms with Gasteiger partial charge in [0, 0.05) is 6.04 Å². The molecular formula is C7H16N2O3S. The fourth-order valence-electron chi connectivity index (χ4n) is 0.590. The molecule has 0 radical (unpaired) electrons. The monoisotopic (exact) mass is 208 g/mol. The van der Waals surface area contributed by atoms with Crippen molar-refractivity contribution >= 4 is 15.9 Å².